The van der Waals surface area contributed by atoms with Gasteiger partial charge in [0.15, 0.2) is 0 Å². The van der Waals surface area contributed by atoms with Crippen LogP contribution in [0.1, 0.15) is 13.8 Å². The van der Waals surface area contributed by atoms with Gasteiger partial charge in [0.1, 0.15) is 0 Å². The number of hydrogen-bond donors (Lipinski definition) is 2. The summed E-state index contributed by atoms with van der Waals surface area (Å²) in [6.07, 6.45) is 5.93. The second-order valence-electron chi connectivity index (χ2n) is 3.69. The Balaban J connectivity index is 4.77. The summed E-state index contributed by atoms with van der Waals surface area (Å²) >= 11 is 0. The third kappa shape index (κ3) is 5.65. The molecule has 0 radical (unpaired) electrons. The Kier molecular flexibility index (Phi) is 6.14. The molecule has 4 nitrogen and oxygen atoms in total. The summed E-state index contributed by atoms with van der Waals surface area (Å²) in [7, 11) is 0. The van der Waals surface area contributed by atoms with E-state index in [4.69, 9.17) is 10.2 Å². The molecule has 96 valence electrons. The molecular formula is C14H16O4. The molecule has 0 fully saturated rings. The second-order valence-corrected chi connectivity index (χ2v) is 3.69. The SMILES string of the molecule is C=C(C=CC(=C)C(C)=CC=C(C)C(=O)O)C(=O)O. The predicted molar refractivity (Wildman–Crippen MR) is 70.2 cm³/mol. The maximum atomic E-state index is 10.6. The Morgan fingerprint density at radius 3 is 1.72 bits per heavy atom. The van der Waals surface area contributed by atoms with Gasteiger partial charge in [-0.05, 0) is 31.1 Å². The van der Waals surface area contributed by atoms with E-state index in [0.29, 0.717) is 5.57 Å². The van der Waals surface area contributed by atoms with Gasteiger partial charge in [-0.3, -0.25) is 0 Å². The largest absolute Gasteiger partial charge is 0.478 e. The van der Waals surface area contributed by atoms with Crippen molar-refractivity contribution >= 4 is 11.9 Å². The van der Waals surface area contributed by atoms with E-state index < -0.39 is 11.9 Å². The number of carbonyl (C=O) groups is 2. The van der Waals surface area contributed by atoms with Crippen LogP contribution in [-0.2, 0) is 9.59 Å². The molecule has 0 saturated carbocycles. The molecule has 0 atom stereocenters. The molecule has 0 saturated heterocycles. The molecule has 0 unspecified atom stereocenters. The van der Waals surface area contributed by atoms with Gasteiger partial charge in [0.2, 0.25) is 0 Å². The Morgan fingerprint density at radius 1 is 0.833 bits per heavy atom. The first-order chi connectivity index (χ1) is 8.25. The molecule has 4 heteroatoms. The Bertz CT molecular complexity index is 476. The minimum atomic E-state index is -1.10. The third-order valence-electron chi connectivity index (χ3n) is 2.19. The van der Waals surface area contributed by atoms with Crippen molar-refractivity contribution in [3.8, 4) is 0 Å². The molecule has 0 aliphatic heterocycles. The fourth-order valence-electron chi connectivity index (χ4n) is 0.832. The molecule has 2 N–H and O–H groups in total. The van der Waals surface area contributed by atoms with Crippen molar-refractivity contribution in [1.82, 2.24) is 0 Å². The molecule has 0 aromatic carbocycles. The van der Waals surface area contributed by atoms with E-state index in [9.17, 15) is 9.59 Å². The standard InChI is InChI=1S/C14H16O4/c1-9(5-7-11(3)13(15)16)10(2)6-8-12(4)14(17)18/h5-8H,1,3H2,2,4H3,(H,15,16)(H,17,18). The normalized spacial score (nSPS) is 12.6. The first-order valence-corrected chi connectivity index (χ1v) is 5.13. The van der Waals surface area contributed by atoms with E-state index in [1.54, 1.807) is 13.0 Å². The zero-order valence-corrected chi connectivity index (χ0v) is 10.4. The molecule has 0 aromatic heterocycles. The average Bonchev–Trinajstić information content (AvgIpc) is 2.31. The number of rotatable bonds is 6. The van der Waals surface area contributed by atoms with Gasteiger partial charge in [-0.1, -0.05) is 31.4 Å². The second kappa shape index (κ2) is 7.06. The molecule has 18 heavy (non-hydrogen) atoms. The summed E-state index contributed by atoms with van der Waals surface area (Å²) in [6.45, 7) is 10.3. The topological polar surface area (TPSA) is 74.6 Å². The Morgan fingerprint density at radius 2 is 1.28 bits per heavy atom. The maximum Gasteiger partial charge on any atom is 0.335 e. The summed E-state index contributed by atoms with van der Waals surface area (Å²) in [5.41, 5.74) is 1.50. The van der Waals surface area contributed by atoms with E-state index in [2.05, 4.69) is 13.2 Å². The van der Waals surface area contributed by atoms with Gasteiger partial charge in [-0.15, -0.1) is 0 Å². The van der Waals surface area contributed by atoms with Crippen LogP contribution in [0.4, 0.5) is 0 Å². The van der Waals surface area contributed by atoms with Gasteiger partial charge in [-0.25, -0.2) is 9.59 Å². The Hall–Kier alpha value is -2.36. The summed E-state index contributed by atoms with van der Waals surface area (Å²) in [5, 5.41) is 17.3. The van der Waals surface area contributed by atoms with E-state index in [1.165, 1.54) is 25.2 Å². The highest BCUT2D eigenvalue weighted by Gasteiger charge is 2.00. The van der Waals surface area contributed by atoms with E-state index >= 15 is 0 Å². The lowest BCUT2D eigenvalue weighted by Gasteiger charge is -1.99. The first-order valence-electron chi connectivity index (χ1n) is 5.13. The minimum absolute atomic E-state index is 0.0405. The number of carboxylic acids is 2. The van der Waals surface area contributed by atoms with Crippen LogP contribution >= 0.6 is 0 Å². The fraction of sp³-hybridized carbons (Fsp3) is 0.143. The van der Waals surface area contributed by atoms with Gasteiger partial charge in [0.25, 0.3) is 0 Å². The molecule has 0 bridgehead atoms. The summed E-state index contributed by atoms with van der Waals surface area (Å²) in [6, 6.07) is 0. The molecular weight excluding hydrogens is 232 g/mol. The predicted octanol–water partition coefficient (Wildman–Crippen LogP) is 2.72. The minimum Gasteiger partial charge on any atom is -0.478 e. The van der Waals surface area contributed by atoms with Gasteiger partial charge in [0, 0.05) is 5.57 Å². The summed E-state index contributed by atoms with van der Waals surface area (Å²) in [5.74, 6) is -2.08. The van der Waals surface area contributed by atoms with Crippen LogP contribution in [0.15, 0.2) is 59.8 Å². The van der Waals surface area contributed by atoms with E-state index in [1.807, 2.05) is 0 Å². The van der Waals surface area contributed by atoms with Crippen molar-refractivity contribution in [3.05, 3.63) is 59.8 Å². The van der Waals surface area contributed by atoms with Crippen LogP contribution in [0.3, 0.4) is 0 Å². The lowest BCUT2D eigenvalue weighted by molar-refractivity contribution is -0.133. The van der Waals surface area contributed by atoms with Crippen LogP contribution in [-0.4, -0.2) is 22.2 Å². The summed E-state index contributed by atoms with van der Waals surface area (Å²) in [4.78, 5) is 21.1. The monoisotopic (exact) mass is 248 g/mol. The smallest absolute Gasteiger partial charge is 0.335 e. The van der Waals surface area contributed by atoms with Crippen molar-refractivity contribution < 1.29 is 19.8 Å². The average molecular weight is 248 g/mol. The van der Waals surface area contributed by atoms with E-state index in [0.717, 1.165) is 5.57 Å². The summed E-state index contributed by atoms with van der Waals surface area (Å²) < 4.78 is 0. The number of allylic oxidation sites excluding steroid dienone is 5. The molecule has 0 rings (SSSR count). The van der Waals surface area contributed by atoms with Gasteiger partial charge < -0.3 is 10.2 Å². The Labute approximate surface area is 106 Å². The molecule has 0 spiro atoms. The maximum absolute atomic E-state index is 10.6. The zero-order chi connectivity index (χ0) is 14.3. The number of carboxylic acid groups (broad SMARTS) is 2. The highest BCUT2D eigenvalue weighted by Crippen LogP contribution is 2.10. The number of aliphatic carboxylic acids is 2. The lowest BCUT2D eigenvalue weighted by atomic mass is 10.1. The highest BCUT2D eigenvalue weighted by molar-refractivity contribution is 5.89. The van der Waals surface area contributed by atoms with Crippen molar-refractivity contribution in [3.63, 3.8) is 0 Å². The molecule has 0 amide bonds. The highest BCUT2D eigenvalue weighted by atomic mass is 16.4. The molecule has 0 aliphatic rings. The van der Waals surface area contributed by atoms with Crippen molar-refractivity contribution in [1.29, 1.82) is 0 Å². The molecule has 0 aliphatic carbocycles. The van der Waals surface area contributed by atoms with Crippen LogP contribution in [0.25, 0.3) is 0 Å². The molecule has 0 aromatic rings. The van der Waals surface area contributed by atoms with Crippen LogP contribution < -0.4 is 0 Å². The zero-order valence-electron chi connectivity index (χ0n) is 10.4. The van der Waals surface area contributed by atoms with Crippen molar-refractivity contribution in [2.45, 2.75) is 13.8 Å². The van der Waals surface area contributed by atoms with Crippen molar-refractivity contribution in [2.75, 3.05) is 0 Å². The first kappa shape index (κ1) is 15.6. The van der Waals surface area contributed by atoms with E-state index in [-0.39, 0.29) is 11.1 Å². The quantitative estimate of drug-likeness (QED) is 0.560. The van der Waals surface area contributed by atoms with Crippen LogP contribution in [0.5, 0.6) is 0 Å². The fourth-order valence-corrected chi connectivity index (χ4v) is 0.832. The molecule has 0 heterocycles. The van der Waals surface area contributed by atoms with Crippen LogP contribution in [0.2, 0.25) is 0 Å². The van der Waals surface area contributed by atoms with Crippen molar-refractivity contribution in [2.24, 2.45) is 0 Å². The number of hydrogen-bond acceptors (Lipinski definition) is 2. The van der Waals surface area contributed by atoms with Crippen LogP contribution in [0, 0.1) is 0 Å². The third-order valence-corrected chi connectivity index (χ3v) is 2.19. The van der Waals surface area contributed by atoms with Gasteiger partial charge in [0.05, 0.1) is 5.57 Å². The van der Waals surface area contributed by atoms with Gasteiger partial charge >= 0.3 is 11.9 Å². The van der Waals surface area contributed by atoms with Gasteiger partial charge in [-0.2, -0.15) is 0 Å². The lowest BCUT2D eigenvalue weighted by Crippen LogP contribution is -1.95.